The summed E-state index contributed by atoms with van der Waals surface area (Å²) in [7, 11) is 0. The van der Waals surface area contributed by atoms with Crippen molar-refractivity contribution in [3.8, 4) is 6.07 Å². The lowest BCUT2D eigenvalue weighted by atomic mass is 10.1. The van der Waals surface area contributed by atoms with Gasteiger partial charge in [0.05, 0.1) is 20.6 Å². The van der Waals surface area contributed by atoms with Gasteiger partial charge in [0.15, 0.2) is 0 Å². The number of nitriles is 1. The minimum absolute atomic E-state index is 0.289. The smallest absolute Gasteiger partial charge is 0.256 e. The van der Waals surface area contributed by atoms with Gasteiger partial charge >= 0.3 is 0 Å². The van der Waals surface area contributed by atoms with E-state index in [4.69, 9.17) is 22.6 Å². The summed E-state index contributed by atoms with van der Waals surface area (Å²) in [6.45, 7) is 0. The predicted octanol–water partition coefficient (Wildman–Crippen LogP) is 3.81. The monoisotopic (exact) mass is 349 g/mol. The van der Waals surface area contributed by atoms with Crippen molar-refractivity contribution < 1.29 is 4.79 Å². The molecule has 0 saturated carbocycles. The van der Waals surface area contributed by atoms with E-state index in [-0.39, 0.29) is 10.9 Å². The lowest BCUT2D eigenvalue weighted by Gasteiger charge is -2.09. The quantitative estimate of drug-likeness (QED) is 0.808. The van der Waals surface area contributed by atoms with Gasteiger partial charge in [-0.05, 0) is 46.3 Å². The highest BCUT2D eigenvalue weighted by Crippen LogP contribution is 2.25. The van der Waals surface area contributed by atoms with Crippen molar-refractivity contribution in [1.82, 2.24) is 0 Å². The maximum absolute atomic E-state index is 12.1. The molecule has 1 amide bonds. The van der Waals surface area contributed by atoms with Gasteiger partial charge in [0.2, 0.25) is 0 Å². The second-order valence-electron chi connectivity index (χ2n) is 3.97. The maximum Gasteiger partial charge on any atom is 0.256 e. The van der Waals surface area contributed by atoms with E-state index in [0.29, 0.717) is 27.0 Å². The van der Waals surface area contributed by atoms with Crippen molar-refractivity contribution in [1.29, 1.82) is 5.26 Å². The van der Waals surface area contributed by atoms with Crippen molar-refractivity contribution in [2.75, 3.05) is 11.1 Å². The zero-order chi connectivity index (χ0) is 14.7. The van der Waals surface area contributed by atoms with Gasteiger partial charge in [-0.3, -0.25) is 4.79 Å². The van der Waals surface area contributed by atoms with Gasteiger partial charge in [-0.1, -0.05) is 17.7 Å². The molecule has 4 nitrogen and oxygen atoms in total. The molecule has 0 unspecified atom stereocenters. The van der Waals surface area contributed by atoms with E-state index in [0.717, 1.165) is 0 Å². The highest BCUT2D eigenvalue weighted by atomic mass is 79.9. The molecule has 2 aromatic carbocycles. The highest BCUT2D eigenvalue weighted by Gasteiger charge is 2.12. The van der Waals surface area contributed by atoms with Crippen molar-refractivity contribution in [3.05, 3.63) is 57.0 Å². The summed E-state index contributed by atoms with van der Waals surface area (Å²) in [5, 5.41) is 11.8. The van der Waals surface area contributed by atoms with Gasteiger partial charge in [0.25, 0.3) is 5.91 Å². The van der Waals surface area contributed by atoms with Crippen LogP contribution in [0.3, 0.4) is 0 Å². The first-order valence-corrected chi connectivity index (χ1v) is 6.75. The minimum atomic E-state index is -0.315. The molecule has 2 aromatic rings. The Morgan fingerprint density at radius 1 is 1.35 bits per heavy atom. The van der Waals surface area contributed by atoms with Crippen LogP contribution in [0.4, 0.5) is 11.4 Å². The van der Waals surface area contributed by atoms with E-state index in [9.17, 15) is 4.79 Å². The molecule has 0 aliphatic carbocycles. The van der Waals surface area contributed by atoms with E-state index in [1.807, 2.05) is 6.07 Å². The number of hydrogen-bond donors (Lipinski definition) is 2. The van der Waals surface area contributed by atoms with E-state index >= 15 is 0 Å². The van der Waals surface area contributed by atoms with Gasteiger partial charge in [-0.15, -0.1) is 0 Å². The third-order valence-corrected chi connectivity index (χ3v) is 3.82. The molecule has 20 heavy (non-hydrogen) atoms. The van der Waals surface area contributed by atoms with Crippen LogP contribution in [0, 0.1) is 11.3 Å². The summed E-state index contributed by atoms with van der Waals surface area (Å²) in [6.07, 6.45) is 0. The first kappa shape index (κ1) is 14.4. The van der Waals surface area contributed by atoms with Gasteiger partial charge in [0, 0.05) is 11.4 Å². The van der Waals surface area contributed by atoms with Gasteiger partial charge < -0.3 is 11.1 Å². The number of nitrogens with zero attached hydrogens (tertiary/aromatic N) is 1. The fraction of sp³-hybridized carbons (Fsp3) is 0. The predicted molar refractivity (Wildman–Crippen MR) is 82.7 cm³/mol. The Balaban J connectivity index is 2.26. The van der Waals surface area contributed by atoms with Crippen LogP contribution in [0.15, 0.2) is 40.9 Å². The van der Waals surface area contributed by atoms with Crippen LogP contribution in [0.5, 0.6) is 0 Å². The lowest BCUT2D eigenvalue weighted by molar-refractivity contribution is 0.102. The number of rotatable bonds is 2. The fourth-order valence-corrected chi connectivity index (χ4v) is 2.27. The SMILES string of the molecule is N#Cc1ccc(NC(=O)c2cccc(N)c2Br)cc1Cl. The van der Waals surface area contributed by atoms with Crippen molar-refractivity contribution in [2.45, 2.75) is 0 Å². The molecule has 6 heteroatoms. The molecule has 100 valence electrons. The molecule has 2 rings (SSSR count). The number of halogens is 2. The number of nitrogens with one attached hydrogen (secondary N) is 1. The number of nitrogen functional groups attached to an aromatic ring is 1. The molecule has 0 bridgehead atoms. The van der Waals surface area contributed by atoms with Crippen LogP contribution in [-0.2, 0) is 0 Å². The second-order valence-corrected chi connectivity index (χ2v) is 5.17. The van der Waals surface area contributed by atoms with Crippen LogP contribution in [0.1, 0.15) is 15.9 Å². The molecule has 0 fully saturated rings. The molecule has 0 aliphatic rings. The molecule has 0 atom stereocenters. The lowest BCUT2D eigenvalue weighted by Crippen LogP contribution is -2.13. The Morgan fingerprint density at radius 2 is 2.10 bits per heavy atom. The molecule has 0 aliphatic heterocycles. The van der Waals surface area contributed by atoms with Gasteiger partial charge in [-0.2, -0.15) is 5.26 Å². The highest BCUT2D eigenvalue weighted by molar-refractivity contribution is 9.10. The van der Waals surface area contributed by atoms with E-state index in [2.05, 4.69) is 21.2 Å². The van der Waals surface area contributed by atoms with Crippen LogP contribution in [0.25, 0.3) is 0 Å². The Hall–Kier alpha value is -2.03. The summed E-state index contributed by atoms with van der Waals surface area (Å²) >= 11 is 9.19. The fourth-order valence-electron chi connectivity index (χ4n) is 1.61. The van der Waals surface area contributed by atoms with Crippen molar-refractivity contribution in [3.63, 3.8) is 0 Å². The summed E-state index contributed by atoms with van der Waals surface area (Å²) in [6, 6.07) is 11.7. The second kappa shape index (κ2) is 5.95. The molecule has 3 N–H and O–H groups in total. The third-order valence-electron chi connectivity index (χ3n) is 2.62. The summed E-state index contributed by atoms with van der Waals surface area (Å²) in [5.41, 5.74) is 7.50. The summed E-state index contributed by atoms with van der Waals surface area (Å²) < 4.78 is 0.539. The molecule has 0 saturated heterocycles. The van der Waals surface area contributed by atoms with E-state index < -0.39 is 0 Å². The third kappa shape index (κ3) is 2.93. The molecular formula is C14H9BrClN3O. The van der Waals surface area contributed by atoms with Gasteiger partial charge in [-0.25, -0.2) is 0 Å². The number of amides is 1. The summed E-state index contributed by atoms with van der Waals surface area (Å²) in [5.74, 6) is -0.315. The number of benzene rings is 2. The Labute approximate surface area is 129 Å². The summed E-state index contributed by atoms with van der Waals surface area (Å²) in [4.78, 5) is 12.1. The normalized spacial score (nSPS) is 9.85. The number of nitrogens with two attached hydrogens (primary N) is 1. The Morgan fingerprint density at radius 3 is 2.75 bits per heavy atom. The molecule has 0 aromatic heterocycles. The van der Waals surface area contributed by atoms with Crippen molar-refractivity contribution in [2.24, 2.45) is 0 Å². The number of carbonyl (C=O) groups is 1. The maximum atomic E-state index is 12.1. The number of hydrogen-bond acceptors (Lipinski definition) is 3. The van der Waals surface area contributed by atoms with E-state index in [1.165, 1.54) is 6.07 Å². The van der Waals surface area contributed by atoms with Gasteiger partial charge in [0.1, 0.15) is 6.07 Å². The van der Waals surface area contributed by atoms with Crippen LogP contribution in [-0.4, -0.2) is 5.91 Å². The largest absolute Gasteiger partial charge is 0.398 e. The minimum Gasteiger partial charge on any atom is -0.398 e. The Bertz CT molecular complexity index is 725. The number of anilines is 2. The van der Waals surface area contributed by atoms with Crippen LogP contribution < -0.4 is 11.1 Å². The van der Waals surface area contributed by atoms with Crippen LogP contribution >= 0.6 is 27.5 Å². The molecule has 0 spiro atoms. The first-order chi connectivity index (χ1) is 9.52. The van der Waals surface area contributed by atoms with Crippen molar-refractivity contribution >= 4 is 44.8 Å². The van der Waals surface area contributed by atoms with E-state index in [1.54, 1.807) is 30.3 Å². The molecular weight excluding hydrogens is 342 g/mol. The standard InChI is InChI=1S/C14H9BrClN3O/c15-13-10(2-1-3-12(13)18)14(20)19-9-5-4-8(7-17)11(16)6-9/h1-6H,18H2,(H,19,20). The molecule has 0 heterocycles. The van der Waals surface area contributed by atoms with Crippen LogP contribution in [0.2, 0.25) is 5.02 Å². The zero-order valence-electron chi connectivity index (χ0n) is 10.2. The average molecular weight is 351 g/mol. The number of carbonyl (C=O) groups excluding carboxylic acids is 1. The topological polar surface area (TPSA) is 78.9 Å². The first-order valence-electron chi connectivity index (χ1n) is 5.58. The average Bonchev–Trinajstić information content (AvgIpc) is 2.42. The Kier molecular flexibility index (Phi) is 4.28. The zero-order valence-corrected chi connectivity index (χ0v) is 12.5. The molecule has 0 radical (unpaired) electrons.